The topological polar surface area (TPSA) is 96.4 Å². The molecule has 0 aliphatic carbocycles. The predicted molar refractivity (Wildman–Crippen MR) is 137 cm³/mol. The normalized spacial score (nSPS) is 14.7. The highest BCUT2D eigenvalue weighted by Gasteiger charge is 2.26. The van der Waals surface area contributed by atoms with E-state index in [0.29, 0.717) is 42.9 Å². The number of aryl methyl sites for hydroxylation is 2. The van der Waals surface area contributed by atoms with Crippen LogP contribution in [0.1, 0.15) is 26.3 Å². The first-order valence-corrected chi connectivity index (χ1v) is 11.8. The molecule has 9 heteroatoms. The number of fused-ring (bicyclic) bond motifs is 2. The van der Waals surface area contributed by atoms with Gasteiger partial charge in [-0.25, -0.2) is 9.78 Å². The number of hydrogen-bond donors (Lipinski definition) is 1. The number of piperazine rings is 1. The maximum atomic E-state index is 12.9. The molecule has 182 valence electrons. The minimum Gasteiger partial charge on any atom is -0.444 e. The van der Waals surface area contributed by atoms with Crippen LogP contribution in [0.5, 0.6) is 0 Å². The minimum absolute atomic E-state index is 0.171. The maximum absolute atomic E-state index is 12.9. The third-order valence-electron chi connectivity index (χ3n) is 6.17. The number of carbonyl (C=O) groups is 1. The second kappa shape index (κ2) is 8.41. The highest BCUT2D eigenvalue weighted by Crippen LogP contribution is 2.26. The van der Waals surface area contributed by atoms with E-state index in [1.807, 2.05) is 71.3 Å². The van der Waals surface area contributed by atoms with E-state index in [0.717, 1.165) is 27.7 Å². The average molecular weight is 475 g/mol. The fraction of sp³-hybridized carbons (Fsp3) is 0.385. The number of ether oxygens (including phenoxy) is 1. The average Bonchev–Trinajstić information content (AvgIpc) is 3.18. The van der Waals surface area contributed by atoms with Gasteiger partial charge in [-0.05, 0) is 63.6 Å². The fourth-order valence-electron chi connectivity index (χ4n) is 4.50. The van der Waals surface area contributed by atoms with E-state index in [9.17, 15) is 9.59 Å². The number of anilines is 1. The Morgan fingerprint density at radius 3 is 2.54 bits per heavy atom. The summed E-state index contributed by atoms with van der Waals surface area (Å²) < 4.78 is 7.28. The van der Waals surface area contributed by atoms with Crippen LogP contribution in [0.15, 0.2) is 41.3 Å². The molecule has 5 rings (SSSR count). The molecule has 35 heavy (non-hydrogen) atoms. The van der Waals surface area contributed by atoms with E-state index >= 15 is 0 Å². The van der Waals surface area contributed by atoms with Crippen LogP contribution in [0.4, 0.5) is 10.5 Å². The minimum atomic E-state index is -0.511. The first-order chi connectivity index (χ1) is 16.6. The predicted octanol–water partition coefficient (Wildman–Crippen LogP) is 3.84. The Hall–Kier alpha value is -3.88. The van der Waals surface area contributed by atoms with Gasteiger partial charge in [0.1, 0.15) is 11.4 Å². The molecule has 1 aliphatic rings. The number of amides is 1. The summed E-state index contributed by atoms with van der Waals surface area (Å²) in [6, 6.07) is 9.70. The summed E-state index contributed by atoms with van der Waals surface area (Å²) in [5.74, 6) is 0.531. The molecule has 0 saturated carbocycles. The summed E-state index contributed by atoms with van der Waals surface area (Å²) in [5.41, 5.74) is 3.74. The molecule has 1 aliphatic heterocycles. The first kappa shape index (κ1) is 22.9. The van der Waals surface area contributed by atoms with E-state index in [1.54, 1.807) is 9.58 Å². The van der Waals surface area contributed by atoms with Crippen molar-refractivity contribution in [3.63, 3.8) is 0 Å². The molecule has 1 N–H and O–H groups in total. The van der Waals surface area contributed by atoms with E-state index in [4.69, 9.17) is 9.72 Å². The van der Waals surface area contributed by atoms with E-state index in [-0.39, 0.29) is 11.7 Å². The molecule has 1 saturated heterocycles. The van der Waals surface area contributed by atoms with Crippen molar-refractivity contribution in [2.75, 3.05) is 31.1 Å². The zero-order chi connectivity index (χ0) is 24.9. The Morgan fingerprint density at radius 2 is 1.83 bits per heavy atom. The van der Waals surface area contributed by atoms with Crippen molar-refractivity contribution in [2.24, 2.45) is 7.05 Å². The van der Waals surface area contributed by atoms with Crippen LogP contribution >= 0.6 is 0 Å². The van der Waals surface area contributed by atoms with Crippen molar-refractivity contribution < 1.29 is 9.53 Å². The van der Waals surface area contributed by atoms with Crippen molar-refractivity contribution in [2.45, 2.75) is 33.3 Å². The molecule has 4 aromatic rings. The Labute approximate surface area is 203 Å². The van der Waals surface area contributed by atoms with Gasteiger partial charge in [-0.2, -0.15) is 5.10 Å². The van der Waals surface area contributed by atoms with Gasteiger partial charge >= 0.3 is 6.09 Å². The Kier molecular flexibility index (Phi) is 5.50. The van der Waals surface area contributed by atoms with Gasteiger partial charge in [0, 0.05) is 56.1 Å². The summed E-state index contributed by atoms with van der Waals surface area (Å²) >= 11 is 0. The van der Waals surface area contributed by atoms with Gasteiger partial charge in [-0.15, -0.1) is 0 Å². The number of rotatable bonds is 2. The maximum Gasteiger partial charge on any atom is 0.410 e. The number of aromatic amines is 1. The van der Waals surface area contributed by atoms with Crippen LogP contribution in [-0.4, -0.2) is 62.5 Å². The fourth-order valence-corrected chi connectivity index (χ4v) is 4.50. The second-order valence-electron chi connectivity index (χ2n) is 10.1. The standard InChI is InChI=1S/C26H30N6O3/c1-16-12-17(13-18-15-30(5)29-22(16)18)23-27-21-14-19(6-7-20(21)24(33)28-23)31-8-10-32(11-9-31)25(34)35-26(2,3)4/h6-7,12-15H,8-11H2,1-5H3,(H,27,28,33). The second-order valence-corrected chi connectivity index (χ2v) is 10.1. The summed E-state index contributed by atoms with van der Waals surface area (Å²) in [6.07, 6.45) is 1.68. The third kappa shape index (κ3) is 4.58. The molecule has 0 bridgehead atoms. The largest absolute Gasteiger partial charge is 0.444 e. The van der Waals surface area contributed by atoms with Gasteiger partial charge in [-0.3, -0.25) is 9.48 Å². The van der Waals surface area contributed by atoms with Crippen LogP contribution in [0.2, 0.25) is 0 Å². The monoisotopic (exact) mass is 474 g/mol. The molecular formula is C26H30N6O3. The van der Waals surface area contributed by atoms with Gasteiger partial charge in [0.2, 0.25) is 0 Å². The van der Waals surface area contributed by atoms with E-state index in [2.05, 4.69) is 15.0 Å². The molecular weight excluding hydrogens is 444 g/mol. The van der Waals surface area contributed by atoms with Gasteiger partial charge in [0.25, 0.3) is 5.56 Å². The van der Waals surface area contributed by atoms with Crippen LogP contribution < -0.4 is 10.5 Å². The SMILES string of the molecule is Cc1cc(-c2nc3cc(N4CCN(C(=O)OC(C)(C)C)CC4)ccc3c(=O)[nH]2)cc2cn(C)nc12. The highest BCUT2D eigenvalue weighted by atomic mass is 16.6. The highest BCUT2D eigenvalue weighted by molar-refractivity contribution is 5.88. The van der Waals surface area contributed by atoms with Crippen LogP contribution in [0.3, 0.4) is 0 Å². The van der Waals surface area contributed by atoms with Gasteiger partial charge in [0.05, 0.1) is 16.4 Å². The number of hydrogen-bond acceptors (Lipinski definition) is 6. The van der Waals surface area contributed by atoms with E-state index in [1.165, 1.54) is 0 Å². The number of carbonyl (C=O) groups excluding carboxylic acids is 1. The van der Waals surface area contributed by atoms with Crippen LogP contribution in [0, 0.1) is 6.92 Å². The van der Waals surface area contributed by atoms with Crippen LogP contribution in [-0.2, 0) is 11.8 Å². The summed E-state index contributed by atoms with van der Waals surface area (Å²) in [7, 11) is 1.89. The lowest BCUT2D eigenvalue weighted by molar-refractivity contribution is 0.0240. The number of aromatic nitrogens is 4. The van der Waals surface area contributed by atoms with Gasteiger partial charge < -0.3 is 19.5 Å². The molecule has 9 nitrogen and oxygen atoms in total. The molecule has 0 atom stereocenters. The molecule has 0 spiro atoms. The lowest BCUT2D eigenvalue weighted by Gasteiger charge is -2.36. The van der Waals surface area contributed by atoms with Crippen molar-refractivity contribution >= 4 is 33.6 Å². The van der Waals surface area contributed by atoms with Crippen molar-refractivity contribution in [3.05, 3.63) is 52.4 Å². The Morgan fingerprint density at radius 1 is 1.09 bits per heavy atom. The van der Waals surface area contributed by atoms with Crippen molar-refractivity contribution in [3.8, 4) is 11.4 Å². The van der Waals surface area contributed by atoms with E-state index < -0.39 is 5.60 Å². The summed E-state index contributed by atoms with van der Waals surface area (Å²) in [4.78, 5) is 36.9. The smallest absolute Gasteiger partial charge is 0.410 e. The Bertz CT molecular complexity index is 1490. The van der Waals surface area contributed by atoms with Crippen molar-refractivity contribution in [1.29, 1.82) is 0 Å². The lowest BCUT2D eigenvalue weighted by atomic mass is 10.1. The lowest BCUT2D eigenvalue weighted by Crippen LogP contribution is -2.50. The molecule has 0 unspecified atom stereocenters. The van der Waals surface area contributed by atoms with Gasteiger partial charge in [0.15, 0.2) is 0 Å². The van der Waals surface area contributed by atoms with Crippen molar-refractivity contribution in [1.82, 2.24) is 24.6 Å². The zero-order valence-electron chi connectivity index (χ0n) is 20.8. The molecule has 1 amide bonds. The van der Waals surface area contributed by atoms with Gasteiger partial charge in [-0.1, -0.05) is 0 Å². The zero-order valence-corrected chi connectivity index (χ0v) is 20.8. The third-order valence-corrected chi connectivity index (χ3v) is 6.17. The molecule has 3 heterocycles. The molecule has 2 aromatic heterocycles. The number of H-pyrrole nitrogens is 1. The van der Waals surface area contributed by atoms with Crippen LogP contribution in [0.25, 0.3) is 33.2 Å². The number of nitrogens with zero attached hydrogens (tertiary/aromatic N) is 5. The number of nitrogens with one attached hydrogen (secondary N) is 1. The first-order valence-electron chi connectivity index (χ1n) is 11.8. The number of benzene rings is 2. The summed E-state index contributed by atoms with van der Waals surface area (Å²) in [5, 5.41) is 6.05. The molecule has 1 fully saturated rings. The molecule has 0 radical (unpaired) electrons. The molecule has 2 aromatic carbocycles. The Balaban J connectivity index is 1.42. The summed E-state index contributed by atoms with van der Waals surface area (Å²) in [6.45, 7) is 10.1. The quantitative estimate of drug-likeness (QED) is 0.474.